The van der Waals surface area contributed by atoms with Crippen molar-refractivity contribution in [3.05, 3.63) is 12.2 Å². The Hall–Kier alpha value is -0.260. The largest absolute Gasteiger partial charge is 0.100 e. The molecule has 0 amide bonds. The van der Waals surface area contributed by atoms with Crippen molar-refractivity contribution in [3.63, 3.8) is 0 Å². The van der Waals surface area contributed by atoms with Gasteiger partial charge in [-0.05, 0) is 37.5 Å². The summed E-state index contributed by atoms with van der Waals surface area (Å²) >= 11 is 0. The van der Waals surface area contributed by atoms with E-state index in [9.17, 15) is 0 Å². The third-order valence-electron chi connectivity index (χ3n) is 3.45. The molecule has 0 saturated heterocycles. The maximum atomic E-state index is 4.01. The first-order valence-corrected chi connectivity index (χ1v) is 5.74. The molecule has 3 unspecified atom stereocenters. The standard InChI is InChI=1S/C13H24/c1-10(2)8-12(4)13-7-5-6-11(3)9-13/h11-13H,1,5-9H2,2-4H3. The van der Waals surface area contributed by atoms with Gasteiger partial charge in [-0.15, -0.1) is 6.58 Å². The highest BCUT2D eigenvalue weighted by Crippen LogP contribution is 2.35. The second-order valence-corrected chi connectivity index (χ2v) is 5.17. The van der Waals surface area contributed by atoms with Crippen molar-refractivity contribution in [1.82, 2.24) is 0 Å². The highest BCUT2D eigenvalue weighted by Gasteiger charge is 2.23. The molecule has 1 saturated carbocycles. The van der Waals surface area contributed by atoms with E-state index in [1.165, 1.54) is 37.7 Å². The van der Waals surface area contributed by atoms with Crippen molar-refractivity contribution in [1.29, 1.82) is 0 Å². The van der Waals surface area contributed by atoms with Crippen LogP contribution in [-0.2, 0) is 0 Å². The zero-order valence-corrected chi connectivity index (χ0v) is 9.47. The summed E-state index contributed by atoms with van der Waals surface area (Å²) in [5.74, 6) is 2.80. The fraction of sp³-hybridized carbons (Fsp3) is 0.846. The van der Waals surface area contributed by atoms with Gasteiger partial charge in [0.05, 0.1) is 0 Å². The summed E-state index contributed by atoms with van der Waals surface area (Å²) in [4.78, 5) is 0. The molecule has 3 atom stereocenters. The van der Waals surface area contributed by atoms with Gasteiger partial charge in [-0.3, -0.25) is 0 Å². The number of hydrogen-bond donors (Lipinski definition) is 0. The first kappa shape index (κ1) is 10.8. The molecule has 0 nitrogen and oxygen atoms in total. The quantitative estimate of drug-likeness (QED) is 0.564. The highest BCUT2D eigenvalue weighted by molar-refractivity contribution is 4.91. The van der Waals surface area contributed by atoms with Gasteiger partial charge >= 0.3 is 0 Å². The van der Waals surface area contributed by atoms with Gasteiger partial charge in [-0.2, -0.15) is 0 Å². The summed E-state index contributed by atoms with van der Waals surface area (Å²) < 4.78 is 0. The van der Waals surface area contributed by atoms with E-state index in [1.807, 2.05) is 0 Å². The summed E-state index contributed by atoms with van der Waals surface area (Å²) in [5, 5.41) is 0. The van der Waals surface area contributed by atoms with Crippen LogP contribution in [0.1, 0.15) is 52.9 Å². The summed E-state index contributed by atoms with van der Waals surface area (Å²) in [5.41, 5.74) is 1.35. The van der Waals surface area contributed by atoms with Gasteiger partial charge in [0.15, 0.2) is 0 Å². The van der Waals surface area contributed by atoms with Gasteiger partial charge < -0.3 is 0 Å². The van der Waals surface area contributed by atoms with E-state index >= 15 is 0 Å². The van der Waals surface area contributed by atoms with Crippen LogP contribution in [0.15, 0.2) is 12.2 Å². The molecule has 0 heterocycles. The summed E-state index contributed by atoms with van der Waals surface area (Å²) in [6.07, 6.45) is 7.05. The van der Waals surface area contributed by atoms with Gasteiger partial charge in [0.25, 0.3) is 0 Å². The molecule has 76 valence electrons. The van der Waals surface area contributed by atoms with Crippen LogP contribution < -0.4 is 0 Å². The minimum atomic E-state index is 0.861. The van der Waals surface area contributed by atoms with E-state index in [-0.39, 0.29) is 0 Å². The molecule has 0 heteroatoms. The van der Waals surface area contributed by atoms with Crippen molar-refractivity contribution in [2.75, 3.05) is 0 Å². The van der Waals surface area contributed by atoms with E-state index in [0.717, 1.165) is 17.8 Å². The smallest absolute Gasteiger partial charge is 0.0297 e. The zero-order valence-electron chi connectivity index (χ0n) is 9.47. The Morgan fingerprint density at radius 1 is 1.46 bits per heavy atom. The molecule has 0 aromatic rings. The van der Waals surface area contributed by atoms with Crippen molar-refractivity contribution in [2.45, 2.75) is 52.9 Å². The molecular formula is C13H24. The number of allylic oxidation sites excluding steroid dienone is 1. The van der Waals surface area contributed by atoms with Crippen LogP contribution >= 0.6 is 0 Å². The molecule has 0 N–H and O–H groups in total. The lowest BCUT2D eigenvalue weighted by Gasteiger charge is -2.31. The van der Waals surface area contributed by atoms with Crippen molar-refractivity contribution >= 4 is 0 Å². The maximum Gasteiger partial charge on any atom is -0.0297 e. The predicted molar refractivity (Wildman–Crippen MR) is 59.7 cm³/mol. The molecule has 0 aromatic carbocycles. The molecule has 0 aliphatic heterocycles. The molecule has 0 aromatic heterocycles. The van der Waals surface area contributed by atoms with Crippen LogP contribution in [0.3, 0.4) is 0 Å². The minimum Gasteiger partial charge on any atom is -0.100 e. The fourth-order valence-electron chi connectivity index (χ4n) is 2.71. The average Bonchev–Trinajstić information content (AvgIpc) is 2.03. The van der Waals surface area contributed by atoms with Crippen LogP contribution in [0.4, 0.5) is 0 Å². The molecule has 1 aliphatic rings. The SMILES string of the molecule is C=C(C)CC(C)C1CCCC(C)C1. The van der Waals surface area contributed by atoms with E-state index in [2.05, 4.69) is 27.4 Å². The molecule has 1 rings (SSSR count). The molecule has 0 radical (unpaired) electrons. The second kappa shape index (κ2) is 4.83. The second-order valence-electron chi connectivity index (χ2n) is 5.17. The first-order chi connectivity index (χ1) is 6.09. The molecule has 1 fully saturated rings. The lowest BCUT2D eigenvalue weighted by Crippen LogP contribution is -2.19. The van der Waals surface area contributed by atoms with Gasteiger partial charge in [-0.25, -0.2) is 0 Å². The normalized spacial score (nSPS) is 31.3. The van der Waals surface area contributed by atoms with Gasteiger partial charge in [-0.1, -0.05) is 38.7 Å². The van der Waals surface area contributed by atoms with Crippen LogP contribution in [0.5, 0.6) is 0 Å². The molecule has 0 bridgehead atoms. The number of hydrogen-bond acceptors (Lipinski definition) is 0. The Kier molecular flexibility index (Phi) is 4.02. The molecule has 13 heavy (non-hydrogen) atoms. The van der Waals surface area contributed by atoms with Crippen LogP contribution in [0.25, 0.3) is 0 Å². The molecule has 1 aliphatic carbocycles. The summed E-state index contributed by atoms with van der Waals surface area (Å²) in [6.45, 7) is 11.0. The summed E-state index contributed by atoms with van der Waals surface area (Å²) in [7, 11) is 0. The van der Waals surface area contributed by atoms with Crippen LogP contribution in [0.2, 0.25) is 0 Å². The third-order valence-corrected chi connectivity index (χ3v) is 3.45. The van der Waals surface area contributed by atoms with Gasteiger partial charge in [0.2, 0.25) is 0 Å². The Bertz CT molecular complexity index is 169. The topological polar surface area (TPSA) is 0 Å². The van der Waals surface area contributed by atoms with Crippen molar-refractivity contribution < 1.29 is 0 Å². The lowest BCUT2D eigenvalue weighted by molar-refractivity contribution is 0.214. The third kappa shape index (κ3) is 3.54. The Labute approximate surface area is 83.4 Å². The predicted octanol–water partition coefficient (Wildman–Crippen LogP) is 4.42. The molecule has 0 spiro atoms. The van der Waals surface area contributed by atoms with Gasteiger partial charge in [0.1, 0.15) is 0 Å². The highest BCUT2D eigenvalue weighted by atomic mass is 14.3. The average molecular weight is 180 g/mol. The van der Waals surface area contributed by atoms with Crippen molar-refractivity contribution in [2.24, 2.45) is 17.8 Å². The monoisotopic (exact) mass is 180 g/mol. The Balaban J connectivity index is 2.36. The maximum absolute atomic E-state index is 4.01. The minimum absolute atomic E-state index is 0.861. The van der Waals surface area contributed by atoms with Gasteiger partial charge in [0, 0.05) is 0 Å². The Morgan fingerprint density at radius 3 is 2.69 bits per heavy atom. The first-order valence-electron chi connectivity index (χ1n) is 5.74. The fourth-order valence-corrected chi connectivity index (χ4v) is 2.71. The van der Waals surface area contributed by atoms with Crippen LogP contribution in [0, 0.1) is 17.8 Å². The molecular weight excluding hydrogens is 156 g/mol. The van der Waals surface area contributed by atoms with E-state index in [1.54, 1.807) is 0 Å². The van der Waals surface area contributed by atoms with E-state index in [4.69, 9.17) is 0 Å². The number of rotatable bonds is 3. The Morgan fingerprint density at radius 2 is 2.15 bits per heavy atom. The van der Waals surface area contributed by atoms with Crippen molar-refractivity contribution in [3.8, 4) is 0 Å². The zero-order chi connectivity index (χ0) is 9.84. The lowest BCUT2D eigenvalue weighted by atomic mass is 9.75. The van der Waals surface area contributed by atoms with E-state index < -0.39 is 0 Å². The summed E-state index contributed by atoms with van der Waals surface area (Å²) in [6, 6.07) is 0. The van der Waals surface area contributed by atoms with E-state index in [0.29, 0.717) is 0 Å². The van der Waals surface area contributed by atoms with Crippen LogP contribution in [-0.4, -0.2) is 0 Å².